The van der Waals surface area contributed by atoms with Crippen LogP contribution >= 0.6 is 0 Å². The van der Waals surface area contributed by atoms with Crippen LogP contribution in [0.3, 0.4) is 0 Å². The summed E-state index contributed by atoms with van der Waals surface area (Å²) in [6.07, 6.45) is 1.07. The third kappa shape index (κ3) is 3.32. The molecule has 2 N–H and O–H groups in total. The van der Waals surface area contributed by atoms with Gasteiger partial charge in [-0.2, -0.15) is 14.0 Å². The summed E-state index contributed by atoms with van der Waals surface area (Å²) in [7, 11) is 1.05. The fraction of sp³-hybridized carbons (Fsp3) is 0.143. The summed E-state index contributed by atoms with van der Waals surface area (Å²) in [6.45, 7) is -3.22. The predicted octanol–water partition coefficient (Wildman–Crippen LogP) is 2.23. The highest BCUT2D eigenvalue weighted by Gasteiger charge is 2.25. The summed E-state index contributed by atoms with van der Waals surface area (Å²) in [5.41, 5.74) is 4.24. The van der Waals surface area contributed by atoms with Crippen molar-refractivity contribution >= 4 is 17.3 Å². The van der Waals surface area contributed by atoms with Crippen molar-refractivity contribution in [3.63, 3.8) is 0 Å². The Morgan fingerprint density at radius 1 is 1.48 bits per heavy atom. The van der Waals surface area contributed by atoms with E-state index in [-0.39, 0.29) is 22.6 Å². The van der Waals surface area contributed by atoms with E-state index < -0.39 is 28.9 Å². The maximum absolute atomic E-state index is 12.6. The van der Waals surface area contributed by atoms with E-state index in [9.17, 15) is 23.7 Å². The number of benzene rings is 1. The average molecular weight is 352 g/mol. The smallest absolute Gasteiger partial charge is 0.387 e. The second kappa shape index (κ2) is 6.83. The van der Waals surface area contributed by atoms with E-state index in [1.165, 1.54) is 0 Å². The topological polar surface area (TPSA) is 133 Å². The highest BCUT2D eigenvalue weighted by molar-refractivity contribution is 5.96. The molecule has 0 spiro atoms. The SMILES string of the molecule is COC(=O)c1c(N)c(C#N)cn1-c1cc([N+](=O)[O-])ccc1OC(F)F. The van der Waals surface area contributed by atoms with Crippen LogP contribution < -0.4 is 10.5 Å². The maximum atomic E-state index is 12.6. The first-order valence-electron chi connectivity index (χ1n) is 6.53. The molecule has 1 aromatic carbocycles. The van der Waals surface area contributed by atoms with Gasteiger partial charge < -0.3 is 19.8 Å². The summed E-state index contributed by atoms with van der Waals surface area (Å²) in [4.78, 5) is 22.2. The van der Waals surface area contributed by atoms with Crippen LogP contribution in [0.4, 0.5) is 20.2 Å². The number of nitrogens with two attached hydrogens (primary N) is 1. The van der Waals surface area contributed by atoms with Crippen LogP contribution in [0.15, 0.2) is 24.4 Å². The molecule has 0 atom stereocenters. The van der Waals surface area contributed by atoms with Crippen molar-refractivity contribution in [2.45, 2.75) is 6.61 Å². The normalized spacial score (nSPS) is 10.4. The molecule has 0 bridgehead atoms. The number of hydrogen-bond donors (Lipinski definition) is 1. The Morgan fingerprint density at radius 3 is 2.68 bits per heavy atom. The van der Waals surface area contributed by atoms with E-state index in [0.717, 1.165) is 36.1 Å². The van der Waals surface area contributed by atoms with Gasteiger partial charge in [0.2, 0.25) is 0 Å². The first kappa shape index (κ1) is 17.7. The quantitative estimate of drug-likeness (QED) is 0.495. The average Bonchev–Trinajstić information content (AvgIpc) is 2.90. The number of anilines is 1. The monoisotopic (exact) mass is 352 g/mol. The van der Waals surface area contributed by atoms with Gasteiger partial charge in [-0.25, -0.2) is 4.79 Å². The van der Waals surface area contributed by atoms with Crippen molar-refractivity contribution in [1.29, 1.82) is 5.26 Å². The van der Waals surface area contributed by atoms with E-state index in [1.54, 1.807) is 6.07 Å². The van der Waals surface area contributed by atoms with Gasteiger partial charge in [0, 0.05) is 18.3 Å². The third-order valence-corrected chi connectivity index (χ3v) is 3.17. The van der Waals surface area contributed by atoms with Gasteiger partial charge in [-0.1, -0.05) is 0 Å². The molecule has 0 aliphatic rings. The molecule has 0 saturated heterocycles. The van der Waals surface area contributed by atoms with Gasteiger partial charge in [0.25, 0.3) is 5.69 Å². The number of nitrogen functional groups attached to an aromatic ring is 1. The van der Waals surface area contributed by atoms with Crippen LogP contribution in [0.1, 0.15) is 16.1 Å². The molecule has 130 valence electrons. The summed E-state index contributed by atoms with van der Waals surface area (Å²) >= 11 is 0. The second-order valence-electron chi connectivity index (χ2n) is 4.57. The van der Waals surface area contributed by atoms with Crippen molar-refractivity contribution in [3.8, 4) is 17.5 Å². The number of halogens is 2. The molecule has 2 rings (SSSR count). The number of aromatic nitrogens is 1. The largest absolute Gasteiger partial charge is 0.464 e. The maximum Gasteiger partial charge on any atom is 0.387 e. The molecule has 11 heteroatoms. The van der Waals surface area contributed by atoms with Crippen molar-refractivity contribution in [1.82, 2.24) is 4.57 Å². The van der Waals surface area contributed by atoms with Crippen LogP contribution in [-0.2, 0) is 4.74 Å². The van der Waals surface area contributed by atoms with Gasteiger partial charge in [-0.3, -0.25) is 10.1 Å². The lowest BCUT2D eigenvalue weighted by Gasteiger charge is -2.13. The molecule has 9 nitrogen and oxygen atoms in total. The Morgan fingerprint density at radius 2 is 2.16 bits per heavy atom. The number of alkyl halides is 2. The molecule has 0 aliphatic heterocycles. The van der Waals surface area contributed by atoms with Gasteiger partial charge in [0.05, 0.1) is 29.0 Å². The van der Waals surface area contributed by atoms with E-state index in [2.05, 4.69) is 9.47 Å². The number of carbonyl (C=O) groups excluding carboxylic acids is 1. The predicted molar refractivity (Wildman–Crippen MR) is 79.5 cm³/mol. The van der Waals surface area contributed by atoms with Crippen LogP contribution in [0.5, 0.6) is 5.75 Å². The Balaban J connectivity index is 2.79. The fourth-order valence-corrected chi connectivity index (χ4v) is 2.11. The van der Waals surface area contributed by atoms with Gasteiger partial charge >= 0.3 is 12.6 Å². The number of nitrogens with zero attached hydrogens (tertiary/aromatic N) is 3. The number of rotatable bonds is 5. The van der Waals surface area contributed by atoms with Gasteiger partial charge in [-0.05, 0) is 6.07 Å². The molecule has 0 unspecified atom stereocenters. The molecule has 2 aromatic rings. The minimum absolute atomic E-state index is 0.144. The molecule has 0 radical (unpaired) electrons. The van der Waals surface area contributed by atoms with Gasteiger partial charge in [0.15, 0.2) is 11.4 Å². The molecule has 0 fully saturated rings. The van der Waals surface area contributed by atoms with Crippen LogP contribution in [0.25, 0.3) is 5.69 Å². The third-order valence-electron chi connectivity index (χ3n) is 3.17. The van der Waals surface area contributed by atoms with Crippen LogP contribution in [0.2, 0.25) is 0 Å². The number of hydrogen-bond acceptors (Lipinski definition) is 7. The highest BCUT2D eigenvalue weighted by atomic mass is 19.3. The Kier molecular flexibility index (Phi) is 4.83. The molecule has 0 saturated carbocycles. The van der Waals surface area contributed by atoms with Crippen molar-refractivity contribution in [2.24, 2.45) is 0 Å². The summed E-state index contributed by atoms with van der Waals surface area (Å²) < 4.78 is 35.1. The number of esters is 1. The number of carbonyl (C=O) groups is 1. The number of nitro benzene ring substituents is 1. The molecule has 25 heavy (non-hydrogen) atoms. The molecule has 0 aliphatic carbocycles. The van der Waals surface area contributed by atoms with Gasteiger partial charge in [0.1, 0.15) is 6.07 Å². The van der Waals surface area contributed by atoms with Crippen molar-refractivity contribution in [3.05, 3.63) is 45.8 Å². The minimum atomic E-state index is -3.22. The van der Waals surface area contributed by atoms with E-state index in [4.69, 9.17) is 11.0 Å². The number of non-ortho nitro benzene ring substituents is 1. The second-order valence-corrected chi connectivity index (χ2v) is 4.57. The Bertz CT molecular complexity index is 888. The number of ether oxygens (including phenoxy) is 2. The number of nitriles is 1. The van der Waals surface area contributed by atoms with Crippen molar-refractivity contribution < 1.29 is 28.0 Å². The Labute approximate surface area is 138 Å². The zero-order chi connectivity index (χ0) is 18.7. The zero-order valence-electron chi connectivity index (χ0n) is 12.6. The van der Waals surface area contributed by atoms with Crippen molar-refractivity contribution in [2.75, 3.05) is 12.8 Å². The molecule has 1 heterocycles. The summed E-state index contributed by atoms with van der Waals surface area (Å²) in [5.74, 6) is -1.42. The molecule has 1 aromatic heterocycles. The first-order chi connectivity index (χ1) is 11.8. The van der Waals surface area contributed by atoms with E-state index >= 15 is 0 Å². The zero-order valence-corrected chi connectivity index (χ0v) is 12.6. The lowest BCUT2D eigenvalue weighted by Crippen LogP contribution is -2.13. The van der Waals surface area contributed by atoms with E-state index in [0.29, 0.717) is 0 Å². The molecule has 0 amide bonds. The van der Waals surface area contributed by atoms with Gasteiger partial charge in [-0.15, -0.1) is 0 Å². The van der Waals surface area contributed by atoms with Crippen LogP contribution in [-0.4, -0.2) is 29.2 Å². The number of nitro groups is 1. The van der Waals surface area contributed by atoms with Crippen LogP contribution in [0, 0.1) is 21.4 Å². The van der Waals surface area contributed by atoms with E-state index in [1.807, 2.05) is 0 Å². The molecular formula is C14H10F2N4O5. The number of methoxy groups -OCH3 is 1. The lowest BCUT2D eigenvalue weighted by atomic mass is 10.2. The Hall–Kier alpha value is -3.68. The summed E-state index contributed by atoms with van der Waals surface area (Å²) in [5, 5.41) is 20.0. The highest BCUT2D eigenvalue weighted by Crippen LogP contribution is 2.33. The fourth-order valence-electron chi connectivity index (χ4n) is 2.11. The molecular weight excluding hydrogens is 342 g/mol. The summed E-state index contributed by atoms with van der Waals surface area (Å²) in [6, 6.07) is 4.54. The standard InChI is InChI=1S/C14H10F2N4O5/c1-24-13(21)12-11(18)7(5-17)6-19(12)9-4-8(20(22)23)2-3-10(9)25-14(15)16/h2-4,6,14H,18H2,1H3. The minimum Gasteiger partial charge on any atom is -0.464 e. The first-order valence-corrected chi connectivity index (χ1v) is 6.53. The lowest BCUT2D eigenvalue weighted by molar-refractivity contribution is -0.384.